The molecule has 2 heteroatoms. The lowest BCUT2D eigenvalue weighted by Gasteiger charge is -2.44. The molecule has 0 aromatic rings. The molecule has 1 unspecified atom stereocenters. The van der Waals surface area contributed by atoms with Crippen LogP contribution < -0.4 is 5.32 Å². The van der Waals surface area contributed by atoms with E-state index in [2.05, 4.69) is 38.0 Å². The summed E-state index contributed by atoms with van der Waals surface area (Å²) in [5.74, 6) is 1.01. The fraction of sp³-hybridized carbons (Fsp3) is 1.00. The third-order valence-electron chi connectivity index (χ3n) is 5.82. The molecule has 0 bridgehead atoms. The number of piperidine rings is 1. The van der Waals surface area contributed by atoms with E-state index in [1.807, 2.05) is 0 Å². The summed E-state index contributed by atoms with van der Waals surface area (Å²) in [6, 6.07) is 1.51. The monoisotopic (exact) mass is 266 g/mol. The van der Waals surface area contributed by atoms with E-state index in [0.29, 0.717) is 11.5 Å². The predicted molar refractivity (Wildman–Crippen MR) is 83.5 cm³/mol. The molecule has 112 valence electrons. The van der Waals surface area contributed by atoms with Crippen LogP contribution in [0.4, 0.5) is 0 Å². The molecule has 0 radical (unpaired) electrons. The Balaban J connectivity index is 1.82. The van der Waals surface area contributed by atoms with Gasteiger partial charge in [0.2, 0.25) is 0 Å². The minimum absolute atomic E-state index is 0.465. The molecule has 0 amide bonds. The van der Waals surface area contributed by atoms with Crippen molar-refractivity contribution in [3.63, 3.8) is 0 Å². The first kappa shape index (κ1) is 15.3. The van der Waals surface area contributed by atoms with Crippen molar-refractivity contribution in [2.45, 2.75) is 77.8 Å². The van der Waals surface area contributed by atoms with E-state index in [0.717, 1.165) is 12.0 Å². The minimum Gasteiger partial charge on any atom is -0.312 e. The fourth-order valence-corrected chi connectivity index (χ4v) is 4.01. The van der Waals surface area contributed by atoms with Crippen molar-refractivity contribution in [3.8, 4) is 0 Å². The van der Waals surface area contributed by atoms with E-state index < -0.39 is 0 Å². The lowest BCUT2D eigenvalue weighted by molar-refractivity contribution is 0.0968. The molecule has 1 aliphatic heterocycles. The first-order chi connectivity index (χ1) is 9.03. The number of nitrogens with zero attached hydrogens (tertiary/aromatic N) is 1. The maximum absolute atomic E-state index is 3.76. The summed E-state index contributed by atoms with van der Waals surface area (Å²) in [5, 5.41) is 3.76. The van der Waals surface area contributed by atoms with Gasteiger partial charge >= 0.3 is 0 Å². The van der Waals surface area contributed by atoms with Gasteiger partial charge in [-0.05, 0) is 63.5 Å². The van der Waals surface area contributed by atoms with Crippen LogP contribution in [0, 0.1) is 11.3 Å². The normalized spacial score (nSPS) is 35.5. The van der Waals surface area contributed by atoms with Gasteiger partial charge in [-0.1, -0.05) is 27.2 Å². The van der Waals surface area contributed by atoms with Gasteiger partial charge in [0.05, 0.1) is 0 Å². The molecule has 0 spiro atoms. The minimum atomic E-state index is 0.465. The molecule has 1 heterocycles. The zero-order chi connectivity index (χ0) is 13.9. The fourth-order valence-electron chi connectivity index (χ4n) is 4.01. The van der Waals surface area contributed by atoms with Crippen molar-refractivity contribution in [2.24, 2.45) is 11.3 Å². The van der Waals surface area contributed by atoms with Gasteiger partial charge in [0.15, 0.2) is 0 Å². The molecule has 1 aliphatic carbocycles. The molecule has 2 aliphatic rings. The van der Waals surface area contributed by atoms with E-state index in [9.17, 15) is 0 Å². The first-order valence-electron chi connectivity index (χ1n) is 8.46. The molecule has 0 aromatic heterocycles. The van der Waals surface area contributed by atoms with Crippen LogP contribution >= 0.6 is 0 Å². The van der Waals surface area contributed by atoms with Crippen molar-refractivity contribution in [3.05, 3.63) is 0 Å². The van der Waals surface area contributed by atoms with Crippen molar-refractivity contribution >= 4 is 0 Å². The van der Waals surface area contributed by atoms with Gasteiger partial charge in [0.1, 0.15) is 0 Å². The number of nitrogens with one attached hydrogen (secondary N) is 1. The zero-order valence-corrected chi connectivity index (χ0v) is 13.5. The summed E-state index contributed by atoms with van der Waals surface area (Å²) >= 11 is 0. The maximum atomic E-state index is 3.76. The van der Waals surface area contributed by atoms with E-state index in [4.69, 9.17) is 0 Å². The van der Waals surface area contributed by atoms with Crippen LogP contribution in [0.15, 0.2) is 0 Å². The molecule has 19 heavy (non-hydrogen) atoms. The SMILES string of the molecule is CCC1CCC(N(C)CC2NCCCC2(C)C)CC1. The standard InChI is InChI=1S/C17H34N2/c1-5-14-7-9-15(10-8-14)19(4)13-16-17(2,3)11-6-12-18-16/h14-16,18H,5-13H2,1-4H3. The topological polar surface area (TPSA) is 15.3 Å². The summed E-state index contributed by atoms with van der Waals surface area (Å²) in [6.45, 7) is 9.67. The third-order valence-corrected chi connectivity index (χ3v) is 5.82. The second-order valence-corrected chi connectivity index (χ2v) is 7.62. The second kappa shape index (κ2) is 6.58. The van der Waals surface area contributed by atoms with E-state index in [-0.39, 0.29) is 0 Å². The molecule has 1 N–H and O–H groups in total. The Hall–Kier alpha value is -0.0800. The van der Waals surface area contributed by atoms with E-state index in [1.165, 1.54) is 58.0 Å². The zero-order valence-electron chi connectivity index (χ0n) is 13.5. The molecule has 1 saturated carbocycles. The van der Waals surface area contributed by atoms with Crippen molar-refractivity contribution in [1.82, 2.24) is 10.2 Å². The van der Waals surface area contributed by atoms with Gasteiger partial charge in [0, 0.05) is 18.6 Å². The van der Waals surface area contributed by atoms with Gasteiger partial charge in [-0.25, -0.2) is 0 Å². The Labute approximate surface area is 120 Å². The lowest BCUT2D eigenvalue weighted by atomic mass is 9.77. The maximum Gasteiger partial charge on any atom is 0.0246 e. The number of hydrogen-bond donors (Lipinski definition) is 1. The van der Waals surface area contributed by atoms with Crippen LogP contribution in [0.25, 0.3) is 0 Å². The number of hydrogen-bond acceptors (Lipinski definition) is 2. The summed E-state index contributed by atoms with van der Waals surface area (Å²) < 4.78 is 0. The quantitative estimate of drug-likeness (QED) is 0.835. The highest BCUT2D eigenvalue weighted by Crippen LogP contribution is 2.33. The Morgan fingerprint density at radius 2 is 1.84 bits per heavy atom. The summed E-state index contributed by atoms with van der Waals surface area (Å²) in [7, 11) is 2.35. The van der Waals surface area contributed by atoms with Gasteiger partial charge in [-0.3, -0.25) is 0 Å². The highest BCUT2D eigenvalue weighted by molar-refractivity contribution is 4.91. The molecule has 2 fully saturated rings. The van der Waals surface area contributed by atoms with Crippen LogP contribution in [0.1, 0.15) is 65.7 Å². The molecule has 2 nitrogen and oxygen atoms in total. The Kier molecular flexibility index (Phi) is 5.30. The van der Waals surface area contributed by atoms with Crippen LogP contribution in [0.3, 0.4) is 0 Å². The summed E-state index contributed by atoms with van der Waals surface area (Å²) in [4.78, 5) is 2.65. The smallest absolute Gasteiger partial charge is 0.0246 e. The third kappa shape index (κ3) is 3.95. The highest BCUT2D eigenvalue weighted by atomic mass is 15.2. The molecule has 1 atom stereocenters. The summed E-state index contributed by atoms with van der Waals surface area (Å²) in [6.07, 6.45) is 9.84. The first-order valence-corrected chi connectivity index (χ1v) is 8.46. The van der Waals surface area contributed by atoms with E-state index >= 15 is 0 Å². The highest BCUT2D eigenvalue weighted by Gasteiger charge is 2.34. The lowest BCUT2D eigenvalue weighted by Crippen LogP contribution is -2.54. The Morgan fingerprint density at radius 1 is 1.16 bits per heavy atom. The van der Waals surface area contributed by atoms with Gasteiger partial charge in [0.25, 0.3) is 0 Å². The van der Waals surface area contributed by atoms with Gasteiger partial charge in [-0.15, -0.1) is 0 Å². The van der Waals surface area contributed by atoms with Crippen molar-refractivity contribution < 1.29 is 0 Å². The molecular weight excluding hydrogens is 232 g/mol. The van der Waals surface area contributed by atoms with Crippen LogP contribution in [-0.2, 0) is 0 Å². The average Bonchev–Trinajstić information content (AvgIpc) is 2.41. The molecular formula is C17H34N2. The van der Waals surface area contributed by atoms with Gasteiger partial charge in [-0.2, -0.15) is 0 Å². The van der Waals surface area contributed by atoms with Crippen LogP contribution in [-0.4, -0.2) is 37.1 Å². The average molecular weight is 266 g/mol. The predicted octanol–water partition coefficient (Wildman–Crippen LogP) is 3.67. The Bertz CT molecular complexity index is 266. The van der Waals surface area contributed by atoms with Crippen molar-refractivity contribution in [1.29, 1.82) is 0 Å². The van der Waals surface area contributed by atoms with E-state index in [1.54, 1.807) is 0 Å². The Morgan fingerprint density at radius 3 is 2.42 bits per heavy atom. The molecule has 1 saturated heterocycles. The largest absolute Gasteiger partial charge is 0.312 e. The number of rotatable bonds is 4. The molecule has 2 rings (SSSR count). The summed E-state index contributed by atoms with van der Waals surface area (Å²) in [5.41, 5.74) is 0.465. The molecule has 0 aromatic carbocycles. The second-order valence-electron chi connectivity index (χ2n) is 7.62. The van der Waals surface area contributed by atoms with Crippen LogP contribution in [0.5, 0.6) is 0 Å². The van der Waals surface area contributed by atoms with Crippen LogP contribution in [0.2, 0.25) is 0 Å². The van der Waals surface area contributed by atoms with Crippen molar-refractivity contribution in [2.75, 3.05) is 20.1 Å². The number of likely N-dealkylation sites (N-methyl/N-ethyl adjacent to an activating group) is 1. The van der Waals surface area contributed by atoms with Gasteiger partial charge < -0.3 is 10.2 Å².